The Labute approximate surface area is 425 Å². The zero-order chi connectivity index (χ0) is 53.8. The molecule has 3 heterocycles. The zero-order valence-corrected chi connectivity index (χ0v) is 39.3. The normalized spacial score (nSPS) is 13.7. The van der Waals surface area contributed by atoms with Crippen LogP contribution in [0, 0.1) is 18.5 Å². The minimum absolute atomic E-state index is 0. The van der Waals surface area contributed by atoms with Crippen molar-refractivity contribution in [3.63, 3.8) is 0 Å². The van der Waals surface area contributed by atoms with Crippen LogP contribution in [0.1, 0.15) is 40.0 Å². The second kappa shape index (κ2) is 17.4. The number of fused-ring (bicyclic) bond motifs is 5. The van der Waals surface area contributed by atoms with Crippen LogP contribution in [0.3, 0.4) is 0 Å². The molecule has 9 aromatic carbocycles. The Hall–Kier alpha value is -7.85. The fourth-order valence-electron chi connectivity index (χ4n) is 9.10. The van der Waals surface area contributed by atoms with Gasteiger partial charge in [0, 0.05) is 38.5 Å². The van der Waals surface area contributed by atoms with Crippen LogP contribution in [0.25, 0.3) is 83.1 Å². The molecule has 6 heteroatoms. The largest absolute Gasteiger partial charge is 0.359 e. The first-order valence-electron chi connectivity index (χ1n) is 27.0. The Morgan fingerprint density at radius 1 is 0.588 bits per heavy atom. The van der Waals surface area contributed by atoms with Crippen LogP contribution in [-0.2, 0) is 26.5 Å². The average molecular weight is 1070 g/mol. The van der Waals surface area contributed by atoms with Crippen LogP contribution in [0.4, 0.5) is 17.1 Å². The predicted molar refractivity (Wildman–Crippen MR) is 275 cm³/mol. The Bertz CT molecular complexity index is 4270. The molecule has 0 radical (unpaired) electrons. The monoisotopic (exact) mass is 1060 g/mol. The number of benzene rings is 9. The van der Waals surface area contributed by atoms with Crippen LogP contribution >= 0.6 is 0 Å². The van der Waals surface area contributed by atoms with Gasteiger partial charge < -0.3 is 14.0 Å². The van der Waals surface area contributed by atoms with Gasteiger partial charge in [-0.15, -0.1) is 46.5 Å². The van der Waals surface area contributed by atoms with E-state index in [1.165, 1.54) is 0 Å². The summed E-state index contributed by atoms with van der Waals surface area (Å²) in [4.78, 5) is 7.04. The first-order chi connectivity index (χ1) is 37.0. The fraction of sp³-hybridized carbons (Fsp3) is 0.0645. The van der Waals surface area contributed by atoms with Crippen LogP contribution in [0.5, 0.6) is 0 Å². The minimum atomic E-state index is -0.572. The first kappa shape index (κ1) is 32.8. The summed E-state index contributed by atoms with van der Waals surface area (Å²) in [6.07, 6.45) is 5.44. The summed E-state index contributed by atoms with van der Waals surface area (Å²) in [7, 11) is 0. The molecule has 3 aromatic heterocycles. The third-order valence-corrected chi connectivity index (χ3v) is 12.2. The van der Waals surface area contributed by atoms with Crippen molar-refractivity contribution < 1.29 is 39.3 Å². The van der Waals surface area contributed by atoms with E-state index >= 15 is 0 Å². The van der Waals surface area contributed by atoms with Gasteiger partial charge in [0.2, 0.25) is 0 Å². The number of pyridine rings is 1. The van der Waals surface area contributed by atoms with E-state index in [0.29, 0.717) is 22.4 Å². The number of para-hydroxylation sites is 5. The van der Waals surface area contributed by atoms with E-state index in [0.717, 1.165) is 55.3 Å². The molecule has 0 saturated heterocycles. The molecule has 0 amide bonds. The summed E-state index contributed by atoms with van der Waals surface area (Å²) in [5, 5.41) is 3.74. The molecular weight excluding hydrogens is 1010 g/mol. The van der Waals surface area contributed by atoms with E-state index in [2.05, 4.69) is 91.2 Å². The molecule has 330 valence electrons. The Morgan fingerprint density at radius 2 is 1.24 bits per heavy atom. The minimum Gasteiger partial charge on any atom is -0.359 e. The van der Waals surface area contributed by atoms with Gasteiger partial charge in [0.05, 0.1) is 30.4 Å². The molecule has 0 aliphatic carbocycles. The fourth-order valence-corrected chi connectivity index (χ4v) is 9.10. The average Bonchev–Trinajstić information content (AvgIpc) is 4.21. The first-order valence-corrected chi connectivity index (χ1v) is 22.0. The molecular formula is C62H45N5Pt-2. The van der Waals surface area contributed by atoms with Gasteiger partial charge in [-0.1, -0.05) is 195 Å². The van der Waals surface area contributed by atoms with Gasteiger partial charge in [-0.05, 0) is 74.6 Å². The number of rotatable bonds is 8. The van der Waals surface area contributed by atoms with E-state index < -0.39 is 60.4 Å². The van der Waals surface area contributed by atoms with Crippen molar-refractivity contribution in [2.24, 2.45) is 0 Å². The molecule has 0 atom stereocenters. The summed E-state index contributed by atoms with van der Waals surface area (Å²) in [5.41, 5.74) is 7.02. The second-order valence-electron chi connectivity index (χ2n) is 17.3. The van der Waals surface area contributed by atoms with Crippen molar-refractivity contribution in [2.45, 2.75) is 26.2 Å². The molecule has 0 saturated carbocycles. The van der Waals surface area contributed by atoms with Crippen molar-refractivity contribution >= 4 is 60.7 Å². The van der Waals surface area contributed by atoms with Crippen molar-refractivity contribution in [1.82, 2.24) is 14.1 Å². The Morgan fingerprint density at radius 3 is 1.96 bits per heavy atom. The van der Waals surface area contributed by atoms with E-state index in [9.17, 15) is 5.48 Å². The number of hydrogen-bond donors (Lipinski definition) is 0. The maximum absolute atomic E-state index is 9.17. The molecule has 0 N–H and O–H groups in total. The van der Waals surface area contributed by atoms with Gasteiger partial charge in [-0.25, -0.2) is 4.98 Å². The number of imidazole rings is 1. The van der Waals surface area contributed by atoms with Gasteiger partial charge in [0.25, 0.3) is 6.33 Å². The third kappa shape index (κ3) is 7.40. The van der Waals surface area contributed by atoms with Gasteiger partial charge >= 0.3 is 0 Å². The smallest absolute Gasteiger partial charge is 0.268 e. The van der Waals surface area contributed by atoms with E-state index in [1.807, 2.05) is 102 Å². The van der Waals surface area contributed by atoms with Crippen molar-refractivity contribution in [1.29, 1.82) is 0 Å². The van der Waals surface area contributed by atoms with E-state index in [-0.39, 0.29) is 54.4 Å². The van der Waals surface area contributed by atoms with E-state index in [1.54, 1.807) is 22.8 Å². The van der Waals surface area contributed by atoms with Gasteiger partial charge in [-0.2, -0.15) is 6.07 Å². The number of aromatic nitrogens is 4. The van der Waals surface area contributed by atoms with Crippen molar-refractivity contribution in [2.75, 3.05) is 4.90 Å². The molecule has 0 aliphatic heterocycles. The summed E-state index contributed by atoms with van der Waals surface area (Å²) in [5.74, 6) is 0.772. The summed E-state index contributed by atoms with van der Waals surface area (Å²) in [6, 6.07) is 51.4. The maximum atomic E-state index is 9.17. The molecule has 0 unspecified atom stereocenters. The maximum Gasteiger partial charge on any atom is 0.268 e. The molecule has 5 nitrogen and oxygen atoms in total. The molecule has 0 fully saturated rings. The molecule has 68 heavy (non-hydrogen) atoms. The van der Waals surface area contributed by atoms with Gasteiger partial charge in [0.1, 0.15) is 5.82 Å². The SMILES string of the molecule is [2H]c1c([2H])c([2H])c(-c2cccc(-c3c([2H])c([2H])c([2H])c([2H])c3[2H])c2-[n+]2[c-]n(-c3[c-]c(N(c4[c-]c5c(cc4)c4ccccc4n5-c4cc(C(C)(C)C)ccn4)c4ccccc4)cc4ccccc34)c3ccccc32)c([2H])c1[2H].[Pt]. The van der Waals surface area contributed by atoms with Gasteiger partial charge in [-0.3, -0.25) is 4.57 Å². The van der Waals surface area contributed by atoms with Gasteiger partial charge in [0.15, 0.2) is 0 Å². The molecule has 12 aromatic rings. The van der Waals surface area contributed by atoms with Crippen LogP contribution in [0.15, 0.2) is 218 Å². The Balaban J connectivity index is 0.00000645. The number of hydrogen-bond acceptors (Lipinski definition) is 2. The third-order valence-electron chi connectivity index (χ3n) is 12.2. The topological polar surface area (TPSA) is 29.9 Å². The van der Waals surface area contributed by atoms with Crippen LogP contribution in [0.2, 0.25) is 0 Å². The molecule has 12 rings (SSSR count). The summed E-state index contributed by atoms with van der Waals surface area (Å²) >= 11 is 0. The number of anilines is 3. The molecule has 0 spiro atoms. The standard InChI is InChI=1S/C62H45N5.Pt/c1-62(2,3)46-36-37-63-60(39-46)67-55-31-16-15-28-53(55)54-35-34-48(40-59(54)67)66(47-25-11-6-12-26-47)49-38-45-24-13-14-27-50(45)58(41-49)64-42-65(57-33-18-17-32-56(57)64)61-51(43-20-7-4-8-21-43)29-19-30-52(61)44-22-9-5-10-23-44;/h4-39H,1-3H3;/q-2;/i4D,5D,7D,8D,9D,10D,20D,21D,22D,23D;. The molecule has 0 aliphatic rings. The second-order valence-corrected chi connectivity index (χ2v) is 17.3. The quantitative estimate of drug-likeness (QED) is 0.112. The van der Waals surface area contributed by atoms with Crippen molar-refractivity contribution in [3.05, 3.63) is 242 Å². The van der Waals surface area contributed by atoms with E-state index in [4.69, 9.17) is 13.2 Å². The zero-order valence-electron chi connectivity index (χ0n) is 47.1. The number of nitrogens with zero attached hydrogens (tertiary/aromatic N) is 5. The molecule has 0 bridgehead atoms. The summed E-state index contributed by atoms with van der Waals surface area (Å²) in [6.45, 7) is 6.56. The van der Waals surface area contributed by atoms with Crippen molar-refractivity contribution in [3.8, 4) is 39.4 Å². The van der Waals surface area contributed by atoms with Crippen LogP contribution in [-0.4, -0.2) is 14.1 Å². The summed E-state index contributed by atoms with van der Waals surface area (Å²) < 4.78 is 94.1. The Kier molecular flexibility index (Phi) is 8.39. The van der Waals surface area contributed by atoms with Crippen LogP contribution < -0.4 is 9.47 Å². The predicted octanol–water partition coefficient (Wildman–Crippen LogP) is 15.1.